The van der Waals surface area contributed by atoms with Crippen LogP contribution in [0.2, 0.25) is 0 Å². The predicted molar refractivity (Wildman–Crippen MR) is 85.8 cm³/mol. The van der Waals surface area contributed by atoms with Crippen LogP contribution in [0.1, 0.15) is 30.3 Å². The highest BCUT2D eigenvalue weighted by Gasteiger charge is 2.35. The quantitative estimate of drug-likeness (QED) is 0.877. The maximum absolute atomic E-state index is 13.1. The highest BCUT2D eigenvalue weighted by Crippen LogP contribution is 2.26. The van der Waals surface area contributed by atoms with Gasteiger partial charge in [0.05, 0.1) is 5.52 Å². The molecule has 0 radical (unpaired) electrons. The molecular weight excluding hydrogens is 276 g/mol. The van der Waals surface area contributed by atoms with Gasteiger partial charge in [0, 0.05) is 31.1 Å². The number of carbonyl (C=O) groups excluding carboxylic acids is 1. The molecule has 2 fully saturated rings. The second-order valence-corrected chi connectivity index (χ2v) is 6.72. The zero-order valence-electron chi connectivity index (χ0n) is 13.0. The first-order valence-electron chi connectivity index (χ1n) is 8.19. The summed E-state index contributed by atoms with van der Waals surface area (Å²) >= 11 is 0. The van der Waals surface area contributed by atoms with Gasteiger partial charge in [0.2, 0.25) is 0 Å². The van der Waals surface area contributed by atoms with E-state index >= 15 is 0 Å². The number of amides is 1. The fourth-order valence-corrected chi connectivity index (χ4v) is 4.01. The fraction of sp³-hybridized carbons (Fsp3) is 0.529. The Hall–Kier alpha value is -1.88. The number of piperidine rings is 1. The van der Waals surface area contributed by atoms with Crippen LogP contribution in [0.25, 0.3) is 10.9 Å². The third-order valence-corrected chi connectivity index (χ3v) is 4.96. The van der Waals surface area contributed by atoms with Crippen LogP contribution in [0.4, 0.5) is 0 Å². The van der Waals surface area contributed by atoms with Crippen LogP contribution in [0, 0.1) is 5.92 Å². The highest BCUT2D eigenvalue weighted by atomic mass is 16.2. The van der Waals surface area contributed by atoms with Crippen molar-refractivity contribution in [3.05, 3.63) is 30.0 Å². The Bertz CT molecular complexity index is 695. The number of benzene rings is 1. The van der Waals surface area contributed by atoms with Crippen molar-refractivity contribution in [2.24, 2.45) is 5.92 Å². The standard InChI is InChI=1S/C17H22N4O/c1-12-9-13-11-20(10-12)7-4-8-21(13)17(22)16-14-5-2-3-6-15(14)18-19-16/h2-3,5-6,12-13H,4,7-11H2,1H3,(H,18,19)/t12-,13+/m1/s1. The zero-order valence-corrected chi connectivity index (χ0v) is 13.0. The van der Waals surface area contributed by atoms with Gasteiger partial charge in [-0.1, -0.05) is 25.1 Å². The first-order chi connectivity index (χ1) is 10.7. The SMILES string of the molecule is C[C@@H]1C[C@H]2CN(CCCN2C(=O)c2n[nH]c3ccccc23)C1. The zero-order chi connectivity index (χ0) is 15.1. The van der Waals surface area contributed by atoms with Gasteiger partial charge in [0.1, 0.15) is 0 Å². The van der Waals surface area contributed by atoms with Crippen molar-refractivity contribution in [2.45, 2.75) is 25.8 Å². The van der Waals surface area contributed by atoms with Crippen LogP contribution in [0.5, 0.6) is 0 Å². The molecular formula is C17H22N4O. The second kappa shape index (κ2) is 5.39. The molecule has 2 aliphatic rings. The molecule has 3 heterocycles. The average Bonchev–Trinajstić information content (AvgIpc) is 2.88. The summed E-state index contributed by atoms with van der Waals surface area (Å²) in [6.07, 6.45) is 2.15. The minimum atomic E-state index is 0.0819. The number of hydrogen-bond acceptors (Lipinski definition) is 3. The summed E-state index contributed by atoms with van der Waals surface area (Å²) in [7, 11) is 0. The van der Waals surface area contributed by atoms with Crippen LogP contribution >= 0.6 is 0 Å². The molecule has 0 aliphatic carbocycles. The smallest absolute Gasteiger partial charge is 0.275 e. The number of H-pyrrole nitrogens is 1. The molecule has 116 valence electrons. The lowest BCUT2D eigenvalue weighted by molar-refractivity contribution is 0.0575. The van der Waals surface area contributed by atoms with Gasteiger partial charge < -0.3 is 9.80 Å². The van der Waals surface area contributed by atoms with Crippen LogP contribution in [-0.4, -0.2) is 58.1 Å². The number of para-hydroxylation sites is 1. The largest absolute Gasteiger partial charge is 0.333 e. The lowest BCUT2D eigenvalue weighted by Gasteiger charge is -2.38. The van der Waals surface area contributed by atoms with E-state index in [-0.39, 0.29) is 5.91 Å². The van der Waals surface area contributed by atoms with E-state index in [9.17, 15) is 4.79 Å². The topological polar surface area (TPSA) is 52.2 Å². The van der Waals surface area contributed by atoms with Crippen molar-refractivity contribution in [1.82, 2.24) is 20.0 Å². The van der Waals surface area contributed by atoms with Gasteiger partial charge in [-0.05, 0) is 31.4 Å². The van der Waals surface area contributed by atoms with Crippen molar-refractivity contribution in [2.75, 3.05) is 26.2 Å². The number of hydrogen-bond donors (Lipinski definition) is 1. The number of aromatic amines is 1. The summed E-state index contributed by atoms with van der Waals surface area (Å²) in [5, 5.41) is 8.20. The normalized spacial score (nSPS) is 28.6. The van der Waals surface area contributed by atoms with Gasteiger partial charge in [-0.3, -0.25) is 9.89 Å². The summed E-state index contributed by atoms with van der Waals surface area (Å²) in [4.78, 5) is 17.6. The molecule has 1 amide bonds. The number of nitrogens with one attached hydrogen (secondary N) is 1. The van der Waals surface area contributed by atoms with E-state index in [0.717, 1.165) is 43.4 Å². The van der Waals surface area contributed by atoms with Crippen LogP contribution in [0.3, 0.4) is 0 Å². The number of carbonyl (C=O) groups is 1. The molecule has 1 N–H and O–H groups in total. The fourth-order valence-electron chi connectivity index (χ4n) is 4.01. The molecule has 0 saturated carbocycles. The van der Waals surface area contributed by atoms with Crippen molar-refractivity contribution in [3.8, 4) is 0 Å². The Balaban J connectivity index is 1.66. The molecule has 5 nitrogen and oxygen atoms in total. The molecule has 4 rings (SSSR count). The molecule has 5 heteroatoms. The predicted octanol–water partition coefficient (Wildman–Crippen LogP) is 2.12. The Morgan fingerprint density at radius 1 is 1.27 bits per heavy atom. The van der Waals surface area contributed by atoms with E-state index in [1.54, 1.807) is 0 Å². The molecule has 2 saturated heterocycles. The first-order valence-corrected chi connectivity index (χ1v) is 8.19. The third kappa shape index (κ3) is 2.29. The number of aromatic nitrogens is 2. The molecule has 1 unspecified atom stereocenters. The average molecular weight is 298 g/mol. The summed E-state index contributed by atoms with van der Waals surface area (Å²) in [6, 6.07) is 8.18. The number of nitrogens with zero attached hydrogens (tertiary/aromatic N) is 3. The van der Waals surface area contributed by atoms with Crippen LogP contribution < -0.4 is 0 Å². The minimum Gasteiger partial charge on any atom is -0.333 e. The molecule has 22 heavy (non-hydrogen) atoms. The first kappa shape index (κ1) is 13.8. The van der Waals surface area contributed by atoms with Crippen LogP contribution in [0.15, 0.2) is 24.3 Å². The molecule has 2 bridgehead atoms. The van der Waals surface area contributed by atoms with E-state index in [1.165, 1.54) is 6.54 Å². The summed E-state index contributed by atoms with van der Waals surface area (Å²) < 4.78 is 0. The van der Waals surface area contributed by atoms with Gasteiger partial charge in [0.25, 0.3) is 5.91 Å². The van der Waals surface area contributed by atoms with Crippen molar-refractivity contribution in [3.63, 3.8) is 0 Å². The maximum atomic E-state index is 13.1. The van der Waals surface area contributed by atoms with Gasteiger partial charge in [-0.25, -0.2) is 0 Å². The molecule has 0 spiro atoms. The molecule has 3 atom stereocenters. The highest BCUT2D eigenvalue weighted by molar-refractivity contribution is 6.04. The molecule has 1 aromatic carbocycles. The third-order valence-electron chi connectivity index (χ3n) is 4.96. The van der Waals surface area contributed by atoms with E-state index in [2.05, 4.69) is 26.9 Å². The lowest BCUT2D eigenvalue weighted by atomic mass is 9.95. The summed E-state index contributed by atoms with van der Waals surface area (Å²) in [6.45, 7) is 6.42. The number of rotatable bonds is 1. The van der Waals surface area contributed by atoms with Gasteiger partial charge in [-0.15, -0.1) is 0 Å². The second-order valence-electron chi connectivity index (χ2n) is 6.72. The molecule has 2 aromatic rings. The minimum absolute atomic E-state index is 0.0819. The van der Waals surface area contributed by atoms with E-state index < -0.39 is 0 Å². The van der Waals surface area contributed by atoms with E-state index in [0.29, 0.717) is 17.7 Å². The Kier molecular flexibility index (Phi) is 3.37. The Morgan fingerprint density at radius 2 is 2.14 bits per heavy atom. The van der Waals surface area contributed by atoms with E-state index in [4.69, 9.17) is 0 Å². The van der Waals surface area contributed by atoms with Gasteiger partial charge in [-0.2, -0.15) is 5.10 Å². The summed E-state index contributed by atoms with van der Waals surface area (Å²) in [5.41, 5.74) is 1.50. The van der Waals surface area contributed by atoms with Gasteiger partial charge in [0.15, 0.2) is 5.69 Å². The Labute approximate surface area is 130 Å². The monoisotopic (exact) mass is 298 g/mol. The van der Waals surface area contributed by atoms with Crippen LogP contribution in [-0.2, 0) is 0 Å². The molecule has 1 aromatic heterocycles. The van der Waals surface area contributed by atoms with E-state index in [1.807, 2.05) is 24.3 Å². The maximum Gasteiger partial charge on any atom is 0.275 e. The summed E-state index contributed by atoms with van der Waals surface area (Å²) in [5.74, 6) is 0.737. The van der Waals surface area contributed by atoms with Crippen molar-refractivity contribution in [1.29, 1.82) is 0 Å². The number of fused-ring (bicyclic) bond motifs is 3. The van der Waals surface area contributed by atoms with Crippen molar-refractivity contribution < 1.29 is 4.79 Å². The van der Waals surface area contributed by atoms with Gasteiger partial charge >= 0.3 is 0 Å². The van der Waals surface area contributed by atoms with Crippen molar-refractivity contribution >= 4 is 16.8 Å². The molecule has 2 aliphatic heterocycles. The Morgan fingerprint density at radius 3 is 3.05 bits per heavy atom. The lowest BCUT2D eigenvalue weighted by Crippen LogP contribution is -2.49.